The van der Waals surface area contributed by atoms with E-state index in [-0.39, 0.29) is 18.5 Å². The summed E-state index contributed by atoms with van der Waals surface area (Å²) in [5, 5.41) is 0. The summed E-state index contributed by atoms with van der Waals surface area (Å²) in [6.07, 6.45) is 7.03. The molecule has 4 aliphatic heterocycles. The Morgan fingerprint density at radius 1 is 1.09 bits per heavy atom. The summed E-state index contributed by atoms with van der Waals surface area (Å²) in [6.45, 7) is 4.39. The molecular formula is C24H35NO7. The summed E-state index contributed by atoms with van der Waals surface area (Å²) >= 11 is 0. The van der Waals surface area contributed by atoms with Crippen molar-refractivity contribution in [1.82, 2.24) is 4.90 Å². The van der Waals surface area contributed by atoms with Crippen molar-refractivity contribution in [2.24, 2.45) is 11.3 Å². The minimum atomic E-state index is -0.820. The van der Waals surface area contributed by atoms with Gasteiger partial charge in [-0.1, -0.05) is 13.3 Å². The van der Waals surface area contributed by atoms with E-state index >= 15 is 0 Å². The quantitative estimate of drug-likeness (QED) is 0.451. The first kappa shape index (κ1) is 22.1. The zero-order chi connectivity index (χ0) is 22.3. The molecule has 0 aromatic carbocycles. The zero-order valence-corrected chi connectivity index (χ0v) is 19.0. The molecule has 5 aliphatic rings. The lowest BCUT2D eigenvalue weighted by Crippen LogP contribution is -2.53. The highest BCUT2D eigenvalue weighted by molar-refractivity contribution is 5.84. The maximum Gasteiger partial charge on any atom is 0.320 e. The van der Waals surface area contributed by atoms with Crippen LogP contribution in [0.5, 0.6) is 0 Å². The molecule has 8 nitrogen and oxygen atoms in total. The molecule has 1 aliphatic carbocycles. The van der Waals surface area contributed by atoms with Gasteiger partial charge in [0.1, 0.15) is 23.0 Å². The molecule has 4 heterocycles. The lowest BCUT2D eigenvalue weighted by Gasteiger charge is -2.37. The first-order valence-corrected chi connectivity index (χ1v) is 12.4. The Bertz CT molecular complexity index is 757. The highest BCUT2D eigenvalue weighted by Gasteiger charge is 2.70. The third-order valence-electron chi connectivity index (χ3n) is 8.48. The smallest absolute Gasteiger partial charge is 0.320 e. The van der Waals surface area contributed by atoms with Gasteiger partial charge in [0.2, 0.25) is 0 Å². The van der Waals surface area contributed by atoms with Gasteiger partial charge in [0.25, 0.3) is 0 Å². The lowest BCUT2D eigenvalue weighted by atomic mass is 9.67. The average molecular weight is 450 g/mol. The monoisotopic (exact) mass is 449 g/mol. The molecule has 178 valence electrons. The Kier molecular flexibility index (Phi) is 5.95. The number of likely N-dealkylation sites (tertiary alicyclic amines) is 1. The Hall–Kier alpha value is -1.67. The molecule has 0 aromatic rings. The molecule has 1 saturated carbocycles. The minimum Gasteiger partial charge on any atom is -0.465 e. The van der Waals surface area contributed by atoms with Crippen LogP contribution in [0.1, 0.15) is 71.1 Å². The number of piperidine rings is 1. The molecule has 1 spiro atoms. The largest absolute Gasteiger partial charge is 0.465 e. The Labute approximate surface area is 189 Å². The number of carbonyl (C=O) groups excluding carboxylic acids is 3. The fourth-order valence-corrected chi connectivity index (χ4v) is 6.61. The fourth-order valence-electron chi connectivity index (χ4n) is 6.61. The summed E-state index contributed by atoms with van der Waals surface area (Å²) in [5.74, 6) is -1.81. The molecule has 5 rings (SSSR count). The number of hydrogen-bond donors (Lipinski definition) is 0. The van der Waals surface area contributed by atoms with Gasteiger partial charge in [0, 0.05) is 6.42 Å². The van der Waals surface area contributed by atoms with Gasteiger partial charge in [-0.25, -0.2) is 0 Å². The second-order valence-electron chi connectivity index (χ2n) is 10.3. The molecule has 0 amide bonds. The van der Waals surface area contributed by atoms with E-state index in [0.29, 0.717) is 19.4 Å². The number of hydrogen-bond acceptors (Lipinski definition) is 8. The Morgan fingerprint density at radius 3 is 2.50 bits per heavy atom. The van der Waals surface area contributed by atoms with Gasteiger partial charge < -0.3 is 18.9 Å². The normalized spacial score (nSPS) is 38.2. The number of cyclic esters (lactones) is 1. The second-order valence-corrected chi connectivity index (χ2v) is 10.3. The van der Waals surface area contributed by atoms with Crippen molar-refractivity contribution in [2.75, 3.05) is 26.2 Å². The SMILES string of the molecule is CCC1(OC(=O)C2C(OC(=O)CN3CCCCC3)C3CC4(CCOC4=O)C2O3)CCCC1. The standard InChI is InChI=1S/C24H35NO7/c1-2-23(8-4-5-9-23)32-21(27)18-19(31-17(26)15-25-11-6-3-7-12-25)16-14-24(20(18)30-16)10-13-29-22(24)28/h16,18-20H,2-15H2,1H3. The average Bonchev–Trinajstić information content (AvgIpc) is 3.55. The van der Waals surface area contributed by atoms with Crippen LogP contribution in [-0.2, 0) is 33.3 Å². The van der Waals surface area contributed by atoms with Crippen molar-refractivity contribution in [3.63, 3.8) is 0 Å². The van der Waals surface area contributed by atoms with E-state index in [2.05, 4.69) is 4.90 Å². The Morgan fingerprint density at radius 2 is 1.84 bits per heavy atom. The third-order valence-corrected chi connectivity index (χ3v) is 8.48. The molecular weight excluding hydrogens is 414 g/mol. The first-order valence-electron chi connectivity index (χ1n) is 12.4. The lowest BCUT2D eigenvalue weighted by molar-refractivity contribution is -0.177. The van der Waals surface area contributed by atoms with Crippen LogP contribution in [0, 0.1) is 11.3 Å². The molecule has 4 saturated heterocycles. The van der Waals surface area contributed by atoms with E-state index in [1.54, 1.807) is 0 Å². The maximum atomic E-state index is 13.5. The van der Waals surface area contributed by atoms with E-state index in [1.165, 1.54) is 6.42 Å². The number of ether oxygens (including phenoxy) is 4. The van der Waals surface area contributed by atoms with Crippen LogP contribution in [0.15, 0.2) is 0 Å². The number of nitrogens with zero attached hydrogens (tertiary/aromatic N) is 1. The summed E-state index contributed by atoms with van der Waals surface area (Å²) < 4.78 is 23.4. The molecule has 0 radical (unpaired) electrons. The molecule has 32 heavy (non-hydrogen) atoms. The predicted molar refractivity (Wildman–Crippen MR) is 113 cm³/mol. The van der Waals surface area contributed by atoms with E-state index in [0.717, 1.165) is 58.0 Å². The van der Waals surface area contributed by atoms with Crippen LogP contribution in [0.4, 0.5) is 0 Å². The second kappa shape index (κ2) is 8.60. The van der Waals surface area contributed by atoms with Crippen LogP contribution < -0.4 is 0 Å². The summed E-state index contributed by atoms with van der Waals surface area (Å²) in [5.41, 5.74) is -1.27. The highest BCUT2D eigenvalue weighted by atomic mass is 16.6. The van der Waals surface area contributed by atoms with Crippen molar-refractivity contribution in [3.8, 4) is 0 Å². The van der Waals surface area contributed by atoms with E-state index in [4.69, 9.17) is 18.9 Å². The number of fused-ring (bicyclic) bond motifs is 3. The fraction of sp³-hybridized carbons (Fsp3) is 0.875. The van der Waals surface area contributed by atoms with Crippen LogP contribution in [0.25, 0.3) is 0 Å². The van der Waals surface area contributed by atoms with Crippen LogP contribution in [0.2, 0.25) is 0 Å². The van der Waals surface area contributed by atoms with Gasteiger partial charge in [0.15, 0.2) is 0 Å². The van der Waals surface area contributed by atoms with E-state index in [9.17, 15) is 14.4 Å². The number of carbonyl (C=O) groups is 3. The van der Waals surface area contributed by atoms with Gasteiger partial charge in [-0.3, -0.25) is 19.3 Å². The van der Waals surface area contributed by atoms with Crippen molar-refractivity contribution in [1.29, 1.82) is 0 Å². The van der Waals surface area contributed by atoms with E-state index < -0.39 is 41.2 Å². The molecule has 0 aromatic heterocycles. The minimum absolute atomic E-state index is 0.224. The number of esters is 3. The van der Waals surface area contributed by atoms with E-state index in [1.807, 2.05) is 6.92 Å². The predicted octanol–water partition coefficient (Wildman–Crippen LogP) is 2.37. The van der Waals surface area contributed by atoms with Crippen molar-refractivity contribution < 1.29 is 33.3 Å². The molecule has 0 N–H and O–H groups in total. The Balaban J connectivity index is 1.34. The van der Waals surface area contributed by atoms with Gasteiger partial charge in [-0.2, -0.15) is 0 Å². The number of rotatable bonds is 6. The molecule has 5 fully saturated rings. The van der Waals surface area contributed by atoms with Gasteiger partial charge in [-0.05, 0) is 64.5 Å². The zero-order valence-electron chi connectivity index (χ0n) is 19.0. The summed E-state index contributed by atoms with van der Waals surface area (Å²) in [7, 11) is 0. The molecule has 2 bridgehead atoms. The molecule has 5 atom stereocenters. The molecule has 5 unspecified atom stereocenters. The van der Waals surface area contributed by atoms with Crippen LogP contribution >= 0.6 is 0 Å². The summed E-state index contributed by atoms with van der Waals surface area (Å²) in [6, 6.07) is 0. The van der Waals surface area contributed by atoms with Crippen molar-refractivity contribution >= 4 is 17.9 Å². The molecule has 8 heteroatoms. The van der Waals surface area contributed by atoms with Crippen LogP contribution in [-0.4, -0.2) is 73.0 Å². The third kappa shape index (κ3) is 3.73. The first-order chi connectivity index (χ1) is 15.5. The van der Waals surface area contributed by atoms with Gasteiger partial charge in [0.05, 0.1) is 25.4 Å². The van der Waals surface area contributed by atoms with Crippen molar-refractivity contribution in [2.45, 2.75) is 95.0 Å². The van der Waals surface area contributed by atoms with Crippen LogP contribution in [0.3, 0.4) is 0 Å². The van der Waals surface area contributed by atoms with Gasteiger partial charge >= 0.3 is 17.9 Å². The maximum absolute atomic E-state index is 13.5. The van der Waals surface area contributed by atoms with Gasteiger partial charge in [-0.15, -0.1) is 0 Å². The highest BCUT2D eigenvalue weighted by Crippen LogP contribution is 2.56. The summed E-state index contributed by atoms with van der Waals surface area (Å²) in [4.78, 5) is 41.1. The van der Waals surface area contributed by atoms with Crippen molar-refractivity contribution in [3.05, 3.63) is 0 Å². The topological polar surface area (TPSA) is 91.4 Å².